The molecule has 3 N–H and O–H groups in total. The third-order valence-electron chi connectivity index (χ3n) is 0. The van der Waals surface area contributed by atoms with Gasteiger partial charge in [-0.3, -0.25) is 0 Å². The predicted molar refractivity (Wildman–Crippen MR) is 54.5 cm³/mol. The summed E-state index contributed by atoms with van der Waals surface area (Å²) in [6.45, 7) is 0. The third-order valence-corrected chi connectivity index (χ3v) is 0. The van der Waals surface area contributed by atoms with E-state index >= 15 is 0 Å². The van der Waals surface area contributed by atoms with Crippen molar-refractivity contribution in [1.82, 2.24) is 6.15 Å². The molecule has 1 unspecified atom stereocenters. The van der Waals surface area contributed by atoms with E-state index in [4.69, 9.17) is 0 Å². The van der Waals surface area contributed by atoms with Crippen LogP contribution in [0.1, 0.15) is 7.43 Å². The molecule has 10 heavy (non-hydrogen) atoms. The summed E-state index contributed by atoms with van der Waals surface area (Å²) in [4.78, 5) is 0. The molecule has 0 fully saturated rings. The minimum atomic E-state index is 0. The molecule has 0 aromatic carbocycles. The average Bonchev–Trinajstić information content (AvgIpc) is 0. The van der Waals surface area contributed by atoms with Crippen LogP contribution in [0.15, 0.2) is 0 Å². The van der Waals surface area contributed by atoms with Gasteiger partial charge in [0, 0.05) is 72.0 Å². The molecule has 0 aliphatic rings. The van der Waals surface area contributed by atoms with Crippen molar-refractivity contribution in [3.8, 4) is 0 Å². The van der Waals surface area contributed by atoms with E-state index in [0.29, 0.717) is 0 Å². The van der Waals surface area contributed by atoms with Crippen LogP contribution in [0.4, 0.5) is 0 Å². The Hall–Kier alpha value is 3.72. The SMILES string of the molecule is C.N.P.S.[AlH3].[Cr].[Mn].[Mo].[Ni].[SiH4]. The van der Waals surface area contributed by atoms with Crippen molar-refractivity contribution in [2.75, 3.05) is 0 Å². The summed E-state index contributed by atoms with van der Waals surface area (Å²) in [6.07, 6.45) is 0. The maximum Gasteiger partial charge on any atom is 0.187 e. The van der Waals surface area contributed by atoms with Crippen LogP contribution in [-0.2, 0) is 72.0 Å². The first-order chi connectivity index (χ1) is 0. The average molecular weight is 425 g/mol. The molecule has 0 rings (SSSR count). The van der Waals surface area contributed by atoms with Crippen molar-refractivity contribution >= 4 is 51.7 Å². The zero-order valence-electron chi connectivity index (χ0n) is 3.42. The van der Waals surface area contributed by atoms with Crippen LogP contribution < -0.4 is 6.15 Å². The van der Waals surface area contributed by atoms with Crippen molar-refractivity contribution in [2.24, 2.45) is 0 Å². The van der Waals surface area contributed by atoms with Crippen molar-refractivity contribution in [1.29, 1.82) is 0 Å². The van der Waals surface area contributed by atoms with E-state index in [1.807, 2.05) is 0 Å². The van der Waals surface area contributed by atoms with Gasteiger partial charge in [-0.05, 0) is 11.0 Å². The second-order valence-electron chi connectivity index (χ2n) is 0. The first kappa shape index (κ1) is 160. The first-order valence-electron chi connectivity index (χ1n) is 0. The molecular formula is CH19AlCrMnMoNNiPSSi. The molecule has 0 heterocycles. The van der Waals surface area contributed by atoms with Gasteiger partial charge in [0.15, 0.2) is 17.4 Å². The van der Waals surface area contributed by atoms with Gasteiger partial charge in [-0.25, -0.2) is 0 Å². The summed E-state index contributed by atoms with van der Waals surface area (Å²) >= 11 is 0. The van der Waals surface area contributed by atoms with E-state index in [2.05, 4.69) is 0 Å². The van der Waals surface area contributed by atoms with E-state index < -0.39 is 0 Å². The Labute approximate surface area is 135 Å². The summed E-state index contributed by atoms with van der Waals surface area (Å²) in [5.74, 6) is 0. The van der Waals surface area contributed by atoms with E-state index in [1.165, 1.54) is 0 Å². The molecule has 0 aromatic heterocycles. The van der Waals surface area contributed by atoms with Crippen LogP contribution in [0, 0.1) is 0 Å². The van der Waals surface area contributed by atoms with E-state index in [1.54, 1.807) is 0 Å². The molecule has 1 nitrogen and oxygen atoms in total. The third kappa shape index (κ3) is 97.2. The molecule has 0 amide bonds. The summed E-state index contributed by atoms with van der Waals surface area (Å²) in [5, 5.41) is 0. The van der Waals surface area contributed by atoms with Gasteiger partial charge in [0.25, 0.3) is 0 Å². The monoisotopic (exact) mass is 426 g/mol. The molecule has 0 aliphatic heterocycles. The zero-order chi connectivity index (χ0) is 0. The Morgan fingerprint density at radius 2 is 1.00 bits per heavy atom. The van der Waals surface area contributed by atoms with Gasteiger partial charge in [0.2, 0.25) is 0 Å². The summed E-state index contributed by atoms with van der Waals surface area (Å²) in [6, 6.07) is 0. The van der Waals surface area contributed by atoms with E-state index in [0.717, 1.165) is 0 Å². The van der Waals surface area contributed by atoms with Gasteiger partial charge in [-0.15, -0.1) is 0 Å². The van der Waals surface area contributed by atoms with Crippen molar-refractivity contribution in [3.05, 3.63) is 0 Å². The zero-order valence-corrected chi connectivity index (χ0v) is 11.3. The Morgan fingerprint density at radius 1 is 1.00 bits per heavy atom. The van der Waals surface area contributed by atoms with Crippen LogP contribution >= 0.6 is 23.4 Å². The van der Waals surface area contributed by atoms with Gasteiger partial charge in [-0.1, -0.05) is 7.43 Å². The normalized spacial score (nSPS) is 0. The van der Waals surface area contributed by atoms with E-state index in [9.17, 15) is 0 Å². The largest absolute Gasteiger partial charge is 0.344 e. The topological polar surface area (TPSA) is 35.0 Å². The Kier molecular flexibility index (Phi) is 2020. The number of hydrogen-bond donors (Lipinski definition) is 1. The van der Waals surface area contributed by atoms with Crippen molar-refractivity contribution in [3.63, 3.8) is 0 Å². The standard InChI is InChI=1S/CH4.Al.Cr.Mn.Mo.H3N.Ni.H3P.H2S.H4Si.3H/h1H4;;;;;1H3;;1H3;1H2;1H4;;;. The van der Waals surface area contributed by atoms with Gasteiger partial charge in [-0.2, -0.15) is 23.4 Å². The second kappa shape index (κ2) is 126. The maximum atomic E-state index is 0. The molecule has 9 heteroatoms. The molecule has 0 saturated heterocycles. The Morgan fingerprint density at radius 3 is 1.00 bits per heavy atom. The van der Waals surface area contributed by atoms with Crippen LogP contribution in [0.3, 0.4) is 0 Å². The van der Waals surface area contributed by atoms with Gasteiger partial charge in [0.05, 0.1) is 0 Å². The van der Waals surface area contributed by atoms with Crippen LogP contribution in [0.2, 0.25) is 0 Å². The fraction of sp³-hybridized carbons (Fsp3) is 1.00. The second-order valence-corrected chi connectivity index (χ2v) is 0. The summed E-state index contributed by atoms with van der Waals surface area (Å²) in [7, 11) is 0. The van der Waals surface area contributed by atoms with Gasteiger partial charge < -0.3 is 6.15 Å². The molecule has 0 aromatic rings. The van der Waals surface area contributed by atoms with Crippen LogP contribution in [0.25, 0.3) is 0 Å². The predicted octanol–water partition coefficient (Wildman–Crippen LogP) is -1.68. The van der Waals surface area contributed by atoms with Crippen LogP contribution in [0.5, 0.6) is 0 Å². The fourth-order valence-corrected chi connectivity index (χ4v) is 0. The van der Waals surface area contributed by atoms with Gasteiger partial charge in [0.1, 0.15) is 0 Å². The van der Waals surface area contributed by atoms with Crippen molar-refractivity contribution in [2.45, 2.75) is 7.43 Å². The molecule has 1 radical (unpaired) electrons. The van der Waals surface area contributed by atoms with Gasteiger partial charge >= 0.3 is 0 Å². The number of rotatable bonds is 0. The molecule has 75 valence electrons. The maximum absolute atomic E-state index is 0. The molecule has 0 bridgehead atoms. The molecule has 0 aliphatic carbocycles. The minimum Gasteiger partial charge on any atom is -0.344 e. The summed E-state index contributed by atoms with van der Waals surface area (Å²) < 4.78 is 0. The molecule has 0 spiro atoms. The first-order valence-corrected chi connectivity index (χ1v) is 0. The molecule has 1 atom stereocenters. The smallest absolute Gasteiger partial charge is 0.187 e. The van der Waals surface area contributed by atoms with Crippen molar-refractivity contribution < 1.29 is 72.0 Å². The molecule has 0 saturated carbocycles. The summed E-state index contributed by atoms with van der Waals surface area (Å²) in [5.41, 5.74) is 0. The Balaban J connectivity index is 0. The fourth-order valence-electron chi connectivity index (χ4n) is 0. The Bertz CT molecular complexity index is 33.2. The van der Waals surface area contributed by atoms with E-state index in [-0.39, 0.29) is 137 Å². The minimum absolute atomic E-state index is 0. The number of hydrogen-bond acceptors (Lipinski definition) is 1. The van der Waals surface area contributed by atoms with Crippen LogP contribution in [-0.4, -0.2) is 28.3 Å². The quantitative estimate of drug-likeness (QED) is 0.366. The molecular weight excluding hydrogens is 406 g/mol.